The van der Waals surface area contributed by atoms with Crippen molar-refractivity contribution in [3.63, 3.8) is 0 Å². The molecule has 0 aliphatic carbocycles. The zero-order chi connectivity index (χ0) is 106. The van der Waals surface area contributed by atoms with E-state index in [4.69, 9.17) is 0 Å². The first-order valence-electron chi connectivity index (χ1n) is 35.8. The first-order chi connectivity index (χ1) is 60.9. The third-order valence-corrected chi connectivity index (χ3v) is 33.4. The molecule has 2 aromatic carbocycles. The van der Waals surface area contributed by atoms with Gasteiger partial charge in [-0.15, -0.1) is 0 Å². The monoisotopic (exact) mass is 2320 g/mol. The molecule has 7 aliphatic rings. The zero-order valence-corrected chi connectivity index (χ0v) is 92.6. The summed E-state index contributed by atoms with van der Waals surface area (Å²) < 4.78 is 479. The van der Waals surface area contributed by atoms with E-state index in [9.17, 15) is 249 Å². The van der Waals surface area contributed by atoms with Crippen molar-refractivity contribution >= 4 is 225 Å². The summed E-state index contributed by atoms with van der Waals surface area (Å²) in [6, 6.07) is 1.61. The fourth-order valence-corrected chi connectivity index (χ4v) is 22.6. The number of rotatable bonds is 35. The Morgan fingerprint density at radius 3 is 0.860 bits per heavy atom. The standard InChI is InChI=1S/2C12H20O9S2.2C8H4O9S2.2C7H10O9S2.C5H6O9S2.14Li/c2*1-8(22(15,16)17)4-2-3-5-10(23(18,19)20)6-9-7-11(13)21-12(9)14;9-7-3-1-5(18(11,12)13)6(19(14,15)16)2-4(3)8(10)17-7;9-7-5-3(18(11,12)13)1-2-4(19(14,15)16)6(5)8(10)17-7;8-5-4-7(6(9)16-5,18(13,14)15)2-1-3-17(10,11)12;8-6-4(2-1-3-17(10,11)12)5(7(9)16-6)18(13,14)15;6-4-2(1-15(8,9)10)3(5(7)14-4)16(11,12)13;;;;;;;;;;;;;;/h2*8-10H,2-7H2,1H3,(H,15,16,17)(H,18,19,20);2*1-2H,(H,11,12,13)(H,14,15,16);1-4H2,(H,10,11,12)(H,13,14,15);4-5H,1-3H2,(H,10,11,12)(H,13,14,15);2-3H,1H2,(H,8,9,10)(H,11,12,13);;;;;;;;;;;;;;/q;;;;;;;14*+1/p-14. The Hall–Kier alpha value is -0.476. The third-order valence-electron chi connectivity index (χ3n) is 18.7. The number of hydrogen-bond acceptors (Lipinski definition) is 63. The maximum atomic E-state index is 11.3. The molecule has 7 heterocycles. The molecule has 91 heteroatoms. The Morgan fingerprint density at radius 2 is 0.607 bits per heavy atom. The minimum absolute atomic E-state index is 0. The second kappa shape index (κ2) is 68.9. The van der Waals surface area contributed by atoms with Crippen molar-refractivity contribution in [2.24, 2.45) is 23.7 Å². The van der Waals surface area contributed by atoms with Gasteiger partial charge in [0.15, 0.2) is 15.2 Å². The minimum Gasteiger partial charge on any atom is -0.748 e. The maximum absolute atomic E-state index is 11.3. The van der Waals surface area contributed by atoms with Gasteiger partial charge in [0.25, 0.3) is 0 Å². The molecule has 9 rings (SSSR count). The van der Waals surface area contributed by atoms with Crippen LogP contribution in [0.1, 0.15) is 164 Å². The smallest absolute Gasteiger partial charge is 0.748 e. The van der Waals surface area contributed by atoms with Crippen LogP contribution in [-0.2, 0) is 223 Å². The summed E-state index contributed by atoms with van der Waals surface area (Å²) in [6.07, 6.45) is -3.20. The first-order valence-corrected chi connectivity index (χ1v) is 56.4. The van der Waals surface area contributed by atoms with Gasteiger partial charge in [0.2, 0.25) is 0 Å². The van der Waals surface area contributed by atoms with Crippen molar-refractivity contribution in [1.29, 1.82) is 0 Å². The Labute approximate surface area is 1020 Å². The third kappa shape index (κ3) is 55.7. The van der Waals surface area contributed by atoms with E-state index >= 15 is 0 Å². The number of fused-ring (bicyclic) bond motifs is 2. The van der Waals surface area contributed by atoms with Gasteiger partial charge in [-0.2, -0.15) is 0 Å². The SMILES string of the molecule is CC(CCCCC(CC1CC(=O)OC1=O)S(=O)(=O)[O-])S(=O)(=O)[O-].CC(CCCCC(CC1CC(=O)OC1=O)S(=O)(=O)[O-])S(=O)(=O)[O-].O=C1CC(CCCS(=O)(=O)[O-])(S(=O)(=O)[O-])C(=O)O1.O=C1OC(=O)C(S(=O)(=O)[O-])C1CCCS(=O)(=O)[O-].O=C1OC(=O)C(S(=O)(=O)[O-])C1CS(=O)(=O)[O-].O=C1OC(=O)c2c(S(=O)(=O)[O-])ccc(S(=O)(=O)[O-])c21.O=C1OC(=O)c2cc(S(=O)(=O)[O-])c(S(=O)(=O)[O-])cc21.[Li+].[Li+].[Li+].[Li+].[Li+].[Li+].[Li+].[Li+].[Li+].[Li+].[Li+].[Li+].[Li+].[Li+]. The topological polar surface area (TPSA) is 1100 Å². The number of unbranched alkanes of at least 4 members (excludes halogenated alkanes) is 2. The molecule has 0 bridgehead atoms. The van der Waals surface area contributed by atoms with Crippen LogP contribution in [0.2, 0.25) is 0 Å². The van der Waals surface area contributed by atoms with E-state index < -0.39 is 370 Å². The van der Waals surface area contributed by atoms with Crippen molar-refractivity contribution in [3.05, 3.63) is 46.5 Å². The molecule has 2 aromatic rings. The summed E-state index contributed by atoms with van der Waals surface area (Å²) in [5.74, 6) is -26.0. The zero-order valence-electron chi connectivity index (χ0n) is 81.2. The Kier molecular flexibility index (Phi) is 80.2. The number of carbonyl (C=O) groups is 14. The molecule has 0 N–H and O–H groups in total. The number of carbonyl (C=O) groups excluding carboxylic acids is 14. The summed E-state index contributed by atoms with van der Waals surface area (Å²) in [5.41, 5.74) is -3.24. The van der Waals surface area contributed by atoms with E-state index in [0.29, 0.717) is 24.3 Å². The fourth-order valence-electron chi connectivity index (χ4n) is 12.1. The van der Waals surface area contributed by atoms with Crippen molar-refractivity contribution in [2.45, 2.75) is 179 Å². The molecule has 11 atom stereocenters. The molecular weight excluding hydrogens is 2260 g/mol. The van der Waals surface area contributed by atoms with Crippen LogP contribution in [0.4, 0.5) is 0 Å². The Bertz CT molecular complexity index is 6710. The molecule has 772 valence electrons. The van der Waals surface area contributed by atoms with E-state index in [-0.39, 0.29) is 348 Å². The molecule has 0 saturated carbocycles. The number of benzene rings is 2. The molecule has 63 nitrogen and oxygen atoms in total. The van der Waals surface area contributed by atoms with Crippen LogP contribution in [0, 0.1) is 23.7 Å². The number of cyclic esters (lactones) is 14. The van der Waals surface area contributed by atoms with Crippen LogP contribution in [0.25, 0.3) is 0 Å². The molecule has 150 heavy (non-hydrogen) atoms. The van der Waals surface area contributed by atoms with Gasteiger partial charge in [0.1, 0.15) is 70.8 Å². The molecule has 0 spiro atoms. The summed E-state index contributed by atoms with van der Waals surface area (Å²) in [6.45, 7) is 2.51. The van der Waals surface area contributed by atoms with E-state index in [1.165, 1.54) is 13.8 Å². The maximum Gasteiger partial charge on any atom is 1.00 e. The quantitative estimate of drug-likeness (QED) is 0.0154. The van der Waals surface area contributed by atoms with Gasteiger partial charge in [0, 0.05) is 22.0 Å². The van der Waals surface area contributed by atoms with E-state index in [1.807, 2.05) is 0 Å². The van der Waals surface area contributed by atoms with E-state index in [0.717, 1.165) is 0 Å². The van der Waals surface area contributed by atoms with Crippen molar-refractivity contribution in [3.8, 4) is 0 Å². The molecule has 11 unspecified atom stereocenters. The van der Waals surface area contributed by atoms with Crippen LogP contribution < -0.4 is 264 Å². The largest absolute Gasteiger partial charge is 1.00 e. The van der Waals surface area contributed by atoms with Gasteiger partial charge in [-0.3, -0.25) is 43.2 Å². The normalized spacial score (nSPS) is 19.5. The molecule has 5 fully saturated rings. The average molecular weight is 2320 g/mol. The average Bonchev–Trinajstić information content (AvgIpc) is 1.59. The van der Waals surface area contributed by atoms with Crippen molar-refractivity contribution in [2.75, 3.05) is 17.3 Å². The van der Waals surface area contributed by atoms with Gasteiger partial charge < -0.3 is 96.9 Å². The summed E-state index contributed by atoms with van der Waals surface area (Å²) in [7, 11) is -68.7. The molecule has 5 saturated heterocycles. The predicted octanol–water partition coefficient (Wildman–Crippen LogP) is -51.4. The number of esters is 14. The summed E-state index contributed by atoms with van der Waals surface area (Å²) in [5, 5.41) is -9.53. The van der Waals surface area contributed by atoms with E-state index in [2.05, 4.69) is 33.2 Å². The fraction of sp³-hybridized carbons (Fsp3) is 0.559. The van der Waals surface area contributed by atoms with Gasteiger partial charge in [-0.1, -0.05) is 25.7 Å². The van der Waals surface area contributed by atoms with Gasteiger partial charge in [-0.05, 0) is 102 Å². The molecule has 0 aromatic heterocycles. The summed E-state index contributed by atoms with van der Waals surface area (Å²) in [4.78, 5) is 150. The van der Waals surface area contributed by atoms with Crippen LogP contribution in [0.3, 0.4) is 0 Å². The molecular formula is C59H60Li14O63S14. The second-order valence-corrected chi connectivity index (χ2v) is 49.9. The molecule has 0 radical (unpaired) electrons. The van der Waals surface area contributed by atoms with Crippen LogP contribution in [0.15, 0.2) is 43.8 Å². The predicted molar refractivity (Wildman–Crippen MR) is 401 cm³/mol. The van der Waals surface area contributed by atoms with Gasteiger partial charge in [0.05, 0.1) is 172 Å². The first kappa shape index (κ1) is 174. The number of hydrogen-bond donors (Lipinski definition) is 0. The number of ether oxygens (including phenoxy) is 7. The minimum atomic E-state index is -5.33. The Balaban J connectivity index is -0.000000146. The second-order valence-electron chi connectivity index (χ2n) is 28.5. The Morgan fingerprint density at radius 1 is 0.313 bits per heavy atom. The molecule has 7 aliphatic heterocycles. The molecule has 0 amide bonds. The van der Waals surface area contributed by atoms with Gasteiger partial charge in [-0.25, -0.2) is 142 Å². The van der Waals surface area contributed by atoms with E-state index in [1.54, 1.807) is 0 Å². The van der Waals surface area contributed by atoms with Crippen LogP contribution in [0.5, 0.6) is 0 Å². The van der Waals surface area contributed by atoms with Crippen molar-refractivity contribution in [1.82, 2.24) is 0 Å². The van der Waals surface area contributed by atoms with Crippen molar-refractivity contribution < 1.29 is 546 Å². The van der Waals surface area contributed by atoms with Crippen LogP contribution >= 0.6 is 0 Å². The van der Waals surface area contributed by atoms with Gasteiger partial charge >= 0.3 is 348 Å². The van der Waals surface area contributed by atoms with Crippen LogP contribution in [-0.4, -0.2) is 319 Å². The summed E-state index contributed by atoms with van der Waals surface area (Å²) >= 11 is 0.